The molecule has 0 aromatic heterocycles. The van der Waals surface area contributed by atoms with Crippen molar-refractivity contribution in [3.8, 4) is 0 Å². The highest BCUT2D eigenvalue weighted by Crippen LogP contribution is 2.19. The Labute approximate surface area is 82.3 Å². The summed E-state index contributed by atoms with van der Waals surface area (Å²) in [6.45, 7) is 8.75. The molecule has 1 saturated heterocycles. The van der Waals surface area contributed by atoms with Crippen molar-refractivity contribution in [1.29, 1.82) is 0 Å². The summed E-state index contributed by atoms with van der Waals surface area (Å²) in [7, 11) is 2.24. The van der Waals surface area contributed by atoms with Gasteiger partial charge in [0, 0.05) is 6.04 Å². The van der Waals surface area contributed by atoms with E-state index in [1.165, 1.54) is 12.8 Å². The second-order valence-electron chi connectivity index (χ2n) is 4.55. The zero-order valence-corrected chi connectivity index (χ0v) is 9.42. The summed E-state index contributed by atoms with van der Waals surface area (Å²) >= 11 is 0. The first-order valence-electron chi connectivity index (χ1n) is 5.44. The van der Waals surface area contributed by atoms with Gasteiger partial charge in [-0.1, -0.05) is 20.8 Å². The van der Waals surface area contributed by atoms with Gasteiger partial charge in [0.15, 0.2) is 0 Å². The zero-order valence-electron chi connectivity index (χ0n) is 9.42. The average molecular weight is 185 g/mol. The highest BCUT2D eigenvalue weighted by Gasteiger charge is 2.27. The van der Waals surface area contributed by atoms with Crippen molar-refractivity contribution in [2.75, 3.05) is 20.3 Å². The highest BCUT2D eigenvalue weighted by molar-refractivity contribution is 4.80. The lowest BCUT2D eigenvalue weighted by Crippen LogP contribution is -2.51. The van der Waals surface area contributed by atoms with Gasteiger partial charge in [0.25, 0.3) is 0 Å². The Morgan fingerprint density at radius 1 is 1.38 bits per heavy atom. The zero-order chi connectivity index (χ0) is 9.84. The van der Waals surface area contributed by atoms with Crippen molar-refractivity contribution in [3.05, 3.63) is 0 Å². The van der Waals surface area contributed by atoms with Crippen molar-refractivity contribution in [3.63, 3.8) is 0 Å². The van der Waals surface area contributed by atoms with E-state index in [0.29, 0.717) is 6.04 Å². The fraction of sp³-hybridized carbons (Fsp3) is 1.00. The van der Waals surface area contributed by atoms with E-state index in [1.54, 1.807) is 0 Å². The molecule has 1 fully saturated rings. The fourth-order valence-corrected chi connectivity index (χ4v) is 1.92. The van der Waals surface area contributed by atoms with Gasteiger partial charge in [-0.3, -0.25) is 4.90 Å². The first kappa shape index (κ1) is 11.0. The summed E-state index contributed by atoms with van der Waals surface area (Å²) < 4.78 is 5.21. The topological polar surface area (TPSA) is 12.5 Å². The SMILES string of the molecule is CCC(CC(C)C)N(C)C1COC1. The molecule has 0 aromatic carbocycles. The number of nitrogens with zero attached hydrogens (tertiary/aromatic N) is 1. The number of hydrogen-bond donors (Lipinski definition) is 0. The average Bonchev–Trinajstić information content (AvgIpc) is 1.96. The van der Waals surface area contributed by atoms with Gasteiger partial charge in [-0.15, -0.1) is 0 Å². The van der Waals surface area contributed by atoms with E-state index in [0.717, 1.165) is 25.2 Å². The molecule has 0 bridgehead atoms. The van der Waals surface area contributed by atoms with E-state index in [9.17, 15) is 0 Å². The first-order chi connectivity index (χ1) is 6.15. The van der Waals surface area contributed by atoms with Crippen LogP contribution in [0.4, 0.5) is 0 Å². The molecule has 0 spiro atoms. The highest BCUT2D eigenvalue weighted by atomic mass is 16.5. The number of hydrogen-bond acceptors (Lipinski definition) is 2. The van der Waals surface area contributed by atoms with Gasteiger partial charge in [-0.2, -0.15) is 0 Å². The van der Waals surface area contributed by atoms with Crippen LogP contribution in [0.25, 0.3) is 0 Å². The van der Waals surface area contributed by atoms with E-state index in [4.69, 9.17) is 4.74 Å². The fourth-order valence-electron chi connectivity index (χ4n) is 1.92. The molecule has 13 heavy (non-hydrogen) atoms. The Bertz CT molecular complexity index is 143. The largest absolute Gasteiger partial charge is 0.378 e. The summed E-state index contributed by atoms with van der Waals surface area (Å²) in [6, 6.07) is 1.43. The molecule has 1 heterocycles. The lowest BCUT2D eigenvalue weighted by Gasteiger charge is -2.40. The monoisotopic (exact) mass is 185 g/mol. The van der Waals surface area contributed by atoms with Crippen LogP contribution in [0, 0.1) is 5.92 Å². The molecule has 0 N–H and O–H groups in total. The van der Waals surface area contributed by atoms with Crippen LogP contribution in [0.3, 0.4) is 0 Å². The molecular formula is C11H23NO. The van der Waals surface area contributed by atoms with Crippen LogP contribution in [0.15, 0.2) is 0 Å². The smallest absolute Gasteiger partial charge is 0.0645 e. The summed E-state index contributed by atoms with van der Waals surface area (Å²) in [6.07, 6.45) is 2.56. The summed E-state index contributed by atoms with van der Waals surface area (Å²) in [5.41, 5.74) is 0. The van der Waals surface area contributed by atoms with Crippen LogP contribution in [-0.4, -0.2) is 37.2 Å². The van der Waals surface area contributed by atoms with Crippen molar-refractivity contribution in [2.45, 2.75) is 45.7 Å². The lowest BCUT2D eigenvalue weighted by molar-refractivity contribution is -0.0719. The Kier molecular flexibility index (Phi) is 4.20. The minimum atomic E-state index is 0.684. The predicted molar refractivity (Wildman–Crippen MR) is 55.9 cm³/mol. The Morgan fingerprint density at radius 2 is 2.00 bits per heavy atom. The van der Waals surface area contributed by atoms with Crippen LogP contribution >= 0.6 is 0 Å². The molecule has 0 aromatic rings. The Morgan fingerprint density at radius 3 is 2.31 bits per heavy atom. The van der Waals surface area contributed by atoms with E-state index >= 15 is 0 Å². The second-order valence-corrected chi connectivity index (χ2v) is 4.55. The van der Waals surface area contributed by atoms with E-state index in [-0.39, 0.29) is 0 Å². The van der Waals surface area contributed by atoms with E-state index in [1.807, 2.05) is 0 Å². The maximum atomic E-state index is 5.21. The minimum absolute atomic E-state index is 0.684. The van der Waals surface area contributed by atoms with Crippen molar-refractivity contribution >= 4 is 0 Å². The maximum Gasteiger partial charge on any atom is 0.0645 e. The molecule has 0 aliphatic carbocycles. The summed E-state index contributed by atoms with van der Waals surface area (Å²) in [4.78, 5) is 2.50. The van der Waals surface area contributed by atoms with Crippen LogP contribution in [0.1, 0.15) is 33.6 Å². The van der Waals surface area contributed by atoms with E-state index in [2.05, 4.69) is 32.7 Å². The third-order valence-electron chi connectivity index (χ3n) is 2.99. The summed E-state index contributed by atoms with van der Waals surface area (Å²) in [5, 5.41) is 0. The molecule has 1 aliphatic rings. The molecule has 0 saturated carbocycles. The molecule has 1 atom stereocenters. The van der Waals surface area contributed by atoms with E-state index < -0.39 is 0 Å². The first-order valence-corrected chi connectivity index (χ1v) is 5.44. The van der Waals surface area contributed by atoms with Crippen molar-refractivity contribution < 1.29 is 4.74 Å². The van der Waals surface area contributed by atoms with Crippen LogP contribution < -0.4 is 0 Å². The molecule has 2 nitrogen and oxygen atoms in total. The molecule has 1 rings (SSSR count). The van der Waals surface area contributed by atoms with Crippen LogP contribution in [0.5, 0.6) is 0 Å². The Balaban J connectivity index is 2.34. The summed E-state index contributed by atoms with van der Waals surface area (Å²) in [5.74, 6) is 0.799. The Hall–Kier alpha value is -0.0800. The van der Waals surface area contributed by atoms with Crippen molar-refractivity contribution in [1.82, 2.24) is 4.90 Å². The molecule has 0 amide bonds. The maximum absolute atomic E-state index is 5.21. The molecular weight excluding hydrogens is 162 g/mol. The van der Waals surface area contributed by atoms with Crippen molar-refractivity contribution in [2.24, 2.45) is 5.92 Å². The second kappa shape index (κ2) is 4.97. The standard InChI is InChI=1S/C11H23NO/c1-5-10(6-9(2)3)12(4)11-7-13-8-11/h9-11H,5-8H2,1-4H3. The van der Waals surface area contributed by atoms with Gasteiger partial charge in [0.05, 0.1) is 19.3 Å². The van der Waals surface area contributed by atoms with Gasteiger partial charge in [-0.05, 0) is 25.8 Å². The van der Waals surface area contributed by atoms with Gasteiger partial charge in [-0.25, -0.2) is 0 Å². The number of rotatable bonds is 5. The third-order valence-corrected chi connectivity index (χ3v) is 2.99. The van der Waals surface area contributed by atoms with Crippen LogP contribution in [0.2, 0.25) is 0 Å². The van der Waals surface area contributed by atoms with Gasteiger partial charge >= 0.3 is 0 Å². The third kappa shape index (κ3) is 2.96. The lowest BCUT2D eigenvalue weighted by atomic mass is 9.99. The minimum Gasteiger partial charge on any atom is -0.378 e. The number of ether oxygens (including phenoxy) is 1. The predicted octanol–water partition coefficient (Wildman–Crippen LogP) is 2.14. The molecule has 1 aliphatic heterocycles. The van der Waals surface area contributed by atoms with Crippen LogP contribution in [-0.2, 0) is 4.74 Å². The molecule has 0 radical (unpaired) electrons. The molecule has 2 heteroatoms. The van der Waals surface area contributed by atoms with Gasteiger partial charge < -0.3 is 4.74 Å². The normalized spacial score (nSPS) is 20.8. The number of likely N-dealkylation sites (N-methyl/N-ethyl adjacent to an activating group) is 1. The quantitative estimate of drug-likeness (QED) is 0.650. The molecule has 78 valence electrons. The molecule has 1 unspecified atom stereocenters. The van der Waals surface area contributed by atoms with Gasteiger partial charge in [0.2, 0.25) is 0 Å². The van der Waals surface area contributed by atoms with Gasteiger partial charge in [0.1, 0.15) is 0 Å².